The lowest BCUT2D eigenvalue weighted by Gasteiger charge is -2.18. The van der Waals surface area contributed by atoms with Crippen LogP contribution in [0.2, 0.25) is 0 Å². The molecule has 4 nitrogen and oxygen atoms in total. The molecule has 26 heavy (non-hydrogen) atoms. The molecule has 0 fully saturated rings. The summed E-state index contributed by atoms with van der Waals surface area (Å²) in [5, 5.41) is 3.52. The van der Waals surface area contributed by atoms with Gasteiger partial charge in [0.1, 0.15) is 12.0 Å². The Morgan fingerprint density at radius 2 is 1.88 bits per heavy atom. The lowest BCUT2D eigenvalue weighted by Crippen LogP contribution is -2.25. The van der Waals surface area contributed by atoms with Crippen LogP contribution >= 0.6 is 0 Å². The van der Waals surface area contributed by atoms with Gasteiger partial charge in [-0.2, -0.15) is 0 Å². The molecular formula is C22H34N2O2. The van der Waals surface area contributed by atoms with Crippen LogP contribution < -0.4 is 10.1 Å². The maximum Gasteiger partial charge on any atom is 0.226 e. The van der Waals surface area contributed by atoms with Crippen LogP contribution in [0.25, 0.3) is 11.5 Å². The second kappa shape index (κ2) is 9.77. The van der Waals surface area contributed by atoms with Gasteiger partial charge in [0.25, 0.3) is 0 Å². The van der Waals surface area contributed by atoms with Crippen molar-refractivity contribution in [2.24, 2.45) is 5.41 Å². The van der Waals surface area contributed by atoms with Gasteiger partial charge in [0.2, 0.25) is 5.89 Å². The van der Waals surface area contributed by atoms with E-state index in [4.69, 9.17) is 9.15 Å². The van der Waals surface area contributed by atoms with Gasteiger partial charge in [-0.15, -0.1) is 0 Å². The number of hydrogen-bond donors (Lipinski definition) is 1. The number of nitrogens with zero attached hydrogens (tertiary/aromatic N) is 1. The summed E-state index contributed by atoms with van der Waals surface area (Å²) in [6.07, 6.45) is 6.78. The molecule has 0 bridgehead atoms. The largest absolute Gasteiger partial charge is 0.493 e. The molecule has 1 aromatic carbocycles. The molecule has 0 aliphatic heterocycles. The summed E-state index contributed by atoms with van der Waals surface area (Å²) in [4.78, 5) is 4.59. The lowest BCUT2D eigenvalue weighted by atomic mass is 9.99. The molecule has 0 aliphatic rings. The number of ether oxygens (including phenoxy) is 1. The van der Waals surface area contributed by atoms with Crippen molar-refractivity contribution in [2.75, 3.05) is 6.61 Å². The average molecular weight is 359 g/mol. The van der Waals surface area contributed by atoms with Crippen molar-refractivity contribution in [3.8, 4) is 17.2 Å². The molecule has 1 aromatic heterocycles. The first-order valence-corrected chi connectivity index (χ1v) is 9.78. The fourth-order valence-corrected chi connectivity index (χ4v) is 2.60. The van der Waals surface area contributed by atoms with Crippen molar-refractivity contribution in [1.29, 1.82) is 0 Å². The summed E-state index contributed by atoms with van der Waals surface area (Å²) in [7, 11) is 0. The van der Waals surface area contributed by atoms with Crippen LogP contribution in [0.5, 0.6) is 5.75 Å². The minimum atomic E-state index is 0.150. The van der Waals surface area contributed by atoms with E-state index in [0.717, 1.165) is 23.6 Å². The molecule has 2 rings (SSSR count). The molecule has 0 spiro atoms. The van der Waals surface area contributed by atoms with Crippen LogP contribution in [-0.2, 0) is 6.54 Å². The normalized spacial score (nSPS) is 13.0. The van der Waals surface area contributed by atoms with E-state index in [-0.39, 0.29) is 5.41 Å². The molecule has 0 saturated carbocycles. The Hall–Kier alpha value is -1.81. The van der Waals surface area contributed by atoms with Gasteiger partial charge in [-0.25, -0.2) is 4.98 Å². The topological polar surface area (TPSA) is 47.3 Å². The van der Waals surface area contributed by atoms with Gasteiger partial charge in [0, 0.05) is 18.2 Å². The third-order valence-corrected chi connectivity index (χ3v) is 4.20. The average Bonchev–Trinajstić information content (AvgIpc) is 3.07. The number of benzene rings is 1. The number of unbranched alkanes of at least 4 members (excludes halogenated alkanes) is 2. The molecule has 144 valence electrons. The Kier molecular flexibility index (Phi) is 7.70. The standard InChI is InChI=1S/C22H34N2O2/c1-6-7-8-9-17(2)23-14-19-15-25-21(24-19)18-10-12-20(13-11-18)26-16-22(3,4)5/h10-13,15,17,23H,6-9,14,16H2,1-5H3. The Labute approximate surface area is 158 Å². The molecule has 1 unspecified atom stereocenters. The summed E-state index contributed by atoms with van der Waals surface area (Å²) < 4.78 is 11.5. The zero-order valence-electron chi connectivity index (χ0n) is 17.0. The SMILES string of the molecule is CCCCCC(C)NCc1coc(-c2ccc(OCC(C)(C)C)cc2)n1. The van der Waals surface area contributed by atoms with Crippen molar-refractivity contribution in [3.63, 3.8) is 0 Å². The number of hydrogen-bond acceptors (Lipinski definition) is 4. The van der Waals surface area contributed by atoms with Crippen LogP contribution in [0.1, 0.15) is 66.0 Å². The number of aromatic nitrogens is 1. The molecule has 1 atom stereocenters. The second-order valence-corrected chi connectivity index (χ2v) is 8.30. The summed E-state index contributed by atoms with van der Waals surface area (Å²) >= 11 is 0. The number of oxazole rings is 1. The third-order valence-electron chi connectivity index (χ3n) is 4.20. The van der Waals surface area contributed by atoms with Crippen molar-refractivity contribution < 1.29 is 9.15 Å². The highest BCUT2D eigenvalue weighted by Gasteiger charge is 2.12. The maximum atomic E-state index is 5.81. The molecule has 0 saturated heterocycles. The molecule has 0 radical (unpaired) electrons. The molecule has 2 aromatic rings. The Morgan fingerprint density at radius 3 is 2.54 bits per heavy atom. The van der Waals surface area contributed by atoms with E-state index in [2.05, 4.69) is 44.9 Å². The minimum Gasteiger partial charge on any atom is -0.493 e. The zero-order chi connectivity index (χ0) is 19.0. The van der Waals surface area contributed by atoms with Gasteiger partial charge in [-0.05, 0) is 43.0 Å². The molecular weight excluding hydrogens is 324 g/mol. The summed E-state index contributed by atoms with van der Waals surface area (Å²) in [6, 6.07) is 8.43. The molecule has 0 aliphatic carbocycles. The monoisotopic (exact) mass is 358 g/mol. The van der Waals surface area contributed by atoms with E-state index >= 15 is 0 Å². The fourth-order valence-electron chi connectivity index (χ4n) is 2.60. The third kappa shape index (κ3) is 7.20. The highest BCUT2D eigenvalue weighted by Crippen LogP contribution is 2.23. The van der Waals surface area contributed by atoms with Crippen molar-refractivity contribution >= 4 is 0 Å². The summed E-state index contributed by atoms with van der Waals surface area (Å²) in [5.41, 5.74) is 2.06. The predicted molar refractivity (Wildman–Crippen MR) is 107 cm³/mol. The van der Waals surface area contributed by atoms with E-state index < -0.39 is 0 Å². The predicted octanol–water partition coefficient (Wildman–Crippen LogP) is 5.82. The zero-order valence-corrected chi connectivity index (χ0v) is 17.0. The van der Waals surface area contributed by atoms with E-state index in [1.165, 1.54) is 25.7 Å². The van der Waals surface area contributed by atoms with Gasteiger partial charge in [-0.1, -0.05) is 47.0 Å². The number of rotatable bonds is 10. The quantitative estimate of drug-likeness (QED) is 0.543. The van der Waals surface area contributed by atoms with Crippen molar-refractivity contribution in [3.05, 3.63) is 36.2 Å². The van der Waals surface area contributed by atoms with Crippen LogP contribution in [0.4, 0.5) is 0 Å². The highest BCUT2D eigenvalue weighted by atomic mass is 16.5. The summed E-state index contributed by atoms with van der Waals surface area (Å²) in [5.74, 6) is 1.53. The van der Waals surface area contributed by atoms with Crippen molar-refractivity contribution in [2.45, 2.75) is 72.9 Å². The van der Waals surface area contributed by atoms with Gasteiger partial charge >= 0.3 is 0 Å². The molecule has 0 amide bonds. The van der Waals surface area contributed by atoms with Crippen LogP contribution in [-0.4, -0.2) is 17.6 Å². The molecule has 1 heterocycles. The first-order chi connectivity index (χ1) is 12.4. The number of nitrogens with one attached hydrogen (secondary N) is 1. The van der Waals surface area contributed by atoms with Crippen molar-refractivity contribution in [1.82, 2.24) is 10.3 Å². The minimum absolute atomic E-state index is 0.150. The first kappa shape index (κ1) is 20.5. The van der Waals surface area contributed by atoms with Gasteiger partial charge in [-0.3, -0.25) is 0 Å². The van der Waals surface area contributed by atoms with E-state index in [9.17, 15) is 0 Å². The maximum absolute atomic E-state index is 5.81. The van der Waals surface area contributed by atoms with Gasteiger partial charge in [0.05, 0.1) is 12.3 Å². The second-order valence-electron chi connectivity index (χ2n) is 8.30. The first-order valence-electron chi connectivity index (χ1n) is 9.78. The fraction of sp³-hybridized carbons (Fsp3) is 0.591. The summed E-state index contributed by atoms with van der Waals surface area (Å²) in [6.45, 7) is 12.4. The molecule has 1 N–H and O–H groups in total. The molecule has 4 heteroatoms. The Morgan fingerprint density at radius 1 is 1.15 bits per heavy atom. The Balaban J connectivity index is 1.85. The highest BCUT2D eigenvalue weighted by molar-refractivity contribution is 5.54. The van der Waals surface area contributed by atoms with Crippen LogP contribution in [0, 0.1) is 5.41 Å². The van der Waals surface area contributed by atoms with E-state index in [0.29, 0.717) is 18.5 Å². The Bertz CT molecular complexity index is 641. The van der Waals surface area contributed by atoms with Gasteiger partial charge < -0.3 is 14.5 Å². The van der Waals surface area contributed by atoms with Crippen LogP contribution in [0.3, 0.4) is 0 Å². The van der Waals surface area contributed by atoms with E-state index in [1.54, 1.807) is 6.26 Å². The van der Waals surface area contributed by atoms with E-state index in [1.807, 2.05) is 24.3 Å². The lowest BCUT2D eigenvalue weighted by molar-refractivity contribution is 0.198. The van der Waals surface area contributed by atoms with Crippen LogP contribution in [0.15, 0.2) is 34.9 Å². The smallest absolute Gasteiger partial charge is 0.226 e. The van der Waals surface area contributed by atoms with Gasteiger partial charge in [0.15, 0.2) is 0 Å².